The maximum Gasteiger partial charge on any atom is 0.258 e. The molecule has 4 rings (SSSR count). The van der Waals surface area contributed by atoms with Gasteiger partial charge >= 0.3 is 0 Å². The van der Waals surface area contributed by atoms with Crippen LogP contribution in [0.25, 0.3) is 22.5 Å². The van der Waals surface area contributed by atoms with E-state index in [1.165, 1.54) is 0 Å². The van der Waals surface area contributed by atoms with Gasteiger partial charge in [0.2, 0.25) is 0 Å². The monoisotopic (exact) mass is 296 g/mol. The predicted octanol–water partition coefficient (Wildman–Crippen LogP) is 2.80. The van der Waals surface area contributed by atoms with Crippen molar-refractivity contribution in [3.8, 4) is 11.5 Å². The summed E-state index contributed by atoms with van der Waals surface area (Å²) >= 11 is 0. The molecule has 1 saturated heterocycles. The van der Waals surface area contributed by atoms with Crippen LogP contribution in [0.4, 0.5) is 0 Å². The third-order valence-corrected chi connectivity index (χ3v) is 4.06. The van der Waals surface area contributed by atoms with Gasteiger partial charge < -0.3 is 9.26 Å². The first-order valence-electron chi connectivity index (χ1n) is 7.37. The lowest BCUT2D eigenvalue weighted by atomic mass is 10.1. The summed E-state index contributed by atoms with van der Waals surface area (Å²) in [6.07, 6.45) is 0.945. The van der Waals surface area contributed by atoms with Crippen molar-refractivity contribution < 1.29 is 9.26 Å². The zero-order valence-corrected chi connectivity index (χ0v) is 12.5. The lowest BCUT2D eigenvalue weighted by Gasteiger charge is -2.03. The summed E-state index contributed by atoms with van der Waals surface area (Å²) < 4.78 is 10.8. The van der Waals surface area contributed by atoms with Gasteiger partial charge in [-0.1, -0.05) is 5.16 Å². The molecule has 0 radical (unpaired) electrons. The number of aryl methyl sites for hydroxylation is 2. The smallest absolute Gasteiger partial charge is 0.258 e. The highest BCUT2D eigenvalue weighted by Crippen LogP contribution is 2.27. The first-order chi connectivity index (χ1) is 10.7. The molecule has 0 spiro atoms. The summed E-state index contributed by atoms with van der Waals surface area (Å²) in [5.74, 6) is 1.48. The van der Waals surface area contributed by atoms with E-state index in [0.29, 0.717) is 12.5 Å². The molecule has 0 saturated carbocycles. The number of fused-ring (bicyclic) bond motifs is 1. The number of nitrogens with zero attached hydrogens (tertiary/aromatic N) is 4. The lowest BCUT2D eigenvalue weighted by Crippen LogP contribution is -1.99. The van der Waals surface area contributed by atoms with Crippen molar-refractivity contribution in [2.45, 2.75) is 26.2 Å². The summed E-state index contributed by atoms with van der Waals surface area (Å²) in [6.45, 7) is 5.35. The average molecular weight is 296 g/mol. The molecule has 1 aliphatic heterocycles. The number of ether oxygens (including phenoxy) is 1. The van der Waals surface area contributed by atoms with Gasteiger partial charge in [-0.15, -0.1) is 0 Å². The van der Waals surface area contributed by atoms with Crippen molar-refractivity contribution >= 4 is 11.0 Å². The molecule has 2 aromatic heterocycles. The third-order valence-electron chi connectivity index (χ3n) is 4.06. The SMILES string of the molecule is Cc1nc2ccc(-c3nc(C4CCOC4)no3)cc2nc1C. The summed E-state index contributed by atoms with van der Waals surface area (Å²) in [6, 6.07) is 5.82. The van der Waals surface area contributed by atoms with Gasteiger partial charge in [-0.2, -0.15) is 4.98 Å². The summed E-state index contributed by atoms with van der Waals surface area (Å²) in [4.78, 5) is 13.6. The minimum Gasteiger partial charge on any atom is -0.381 e. The maximum absolute atomic E-state index is 5.40. The standard InChI is InChI=1S/C16H16N4O2/c1-9-10(2)18-14-7-11(3-4-13(14)17-9)16-19-15(20-22-16)12-5-6-21-8-12/h3-4,7,12H,5-6,8H2,1-2H3. The van der Waals surface area contributed by atoms with E-state index >= 15 is 0 Å². The normalized spacial score (nSPS) is 18.2. The third kappa shape index (κ3) is 2.25. The van der Waals surface area contributed by atoms with Crippen LogP contribution in [0, 0.1) is 13.8 Å². The Kier molecular flexibility index (Phi) is 3.11. The van der Waals surface area contributed by atoms with Crippen molar-refractivity contribution in [1.82, 2.24) is 20.1 Å². The fourth-order valence-corrected chi connectivity index (χ4v) is 2.62. The summed E-state index contributed by atoms with van der Waals surface area (Å²) in [5, 5.41) is 4.08. The first kappa shape index (κ1) is 13.3. The second-order valence-electron chi connectivity index (χ2n) is 5.62. The fourth-order valence-electron chi connectivity index (χ4n) is 2.62. The molecule has 3 aromatic rings. The fraction of sp³-hybridized carbons (Fsp3) is 0.375. The molecule has 0 aliphatic carbocycles. The van der Waals surface area contributed by atoms with E-state index in [1.807, 2.05) is 32.0 Å². The number of aromatic nitrogens is 4. The van der Waals surface area contributed by atoms with Crippen molar-refractivity contribution in [1.29, 1.82) is 0 Å². The molecule has 1 unspecified atom stereocenters. The molecule has 0 bridgehead atoms. The Bertz CT molecular complexity index is 837. The Labute approximate surface area is 127 Å². The van der Waals surface area contributed by atoms with Crippen LogP contribution in [0.15, 0.2) is 22.7 Å². The second kappa shape index (κ2) is 5.14. The maximum atomic E-state index is 5.40. The van der Waals surface area contributed by atoms with Gasteiger partial charge in [0, 0.05) is 18.1 Å². The largest absolute Gasteiger partial charge is 0.381 e. The van der Waals surface area contributed by atoms with Crippen LogP contribution >= 0.6 is 0 Å². The zero-order chi connectivity index (χ0) is 15.1. The van der Waals surface area contributed by atoms with E-state index in [9.17, 15) is 0 Å². The topological polar surface area (TPSA) is 73.9 Å². The van der Waals surface area contributed by atoms with Gasteiger partial charge in [0.1, 0.15) is 0 Å². The van der Waals surface area contributed by atoms with Crippen LogP contribution in [0.3, 0.4) is 0 Å². The van der Waals surface area contributed by atoms with Gasteiger partial charge in [-0.05, 0) is 38.5 Å². The highest BCUT2D eigenvalue weighted by Gasteiger charge is 2.23. The summed E-state index contributed by atoms with van der Waals surface area (Å²) in [7, 11) is 0. The molecule has 22 heavy (non-hydrogen) atoms. The Morgan fingerprint density at radius 2 is 1.86 bits per heavy atom. The number of rotatable bonds is 2. The Hall–Kier alpha value is -2.34. The van der Waals surface area contributed by atoms with Gasteiger partial charge in [0.15, 0.2) is 5.82 Å². The molecular weight excluding hydrogens is 280 g/mol. The first-order valence-corrected chi connectivity index (χ1v) is 7.37. The molecule has 1 fully saturated rings. The highest BCUT2D eigenvalue weighted by molar-refractivity contribution is 5.79. The van der Waals surface area contributed by atoms with Gasteiger partial charge in [-0.3, -0.25) is 0 Å². The van der Waals surface area contributed by atoms with Crippen LogP contribution < -0.4 is 0 Å². The molecule has 1 aromatic carbocycles. The molecular formula is C16H16N4O2. The van der Waals surface area contributed by atoms with Crippen LogP contribution in [-0.2, 0) is 4.74 Å². The van der Waals surface area contributed by atoms with Crippen LogP contribution in [0.1, 0.15) is 29.6 Å². The van der Waals surface area contributed by atoms with Crippen molar-refractivity contribution in [2.75, 3.05) is 13.2 Å². The van der Waals surface area contributed by atoms with Crippen molar-refractivity contribution in [2.24, 2.45) is 0 Å². The molecule has 6 nitrogen and oxygen atoms in total. The molecule has 1 aliphatic rings. The van der Waals surface area contributed by atoms with E-state index < -0.39 is 0 Å². The summed E-state index contributed by atoms with van der Waals surface area (Å²) in [5.41, 5.74) is 4.45. The van der Waals surface area contributed by atoms with Gasteiger partial charge in [0.25, 0.3) is 5.89 Å². The van der Waals surface area contributed by atoms with Gasteiger partial charge in [0.05, 0.1) is 29.0 Å². The molecule has 6 heteroatoms. The number of benzene rings is 1. The predicted molar refractivity (Wildman–Crippen MR) is 80.5 cm³/mol. The van der Waals surface area contributed by atoms with Crippen LogP contribution in [-0.4, -0.2) is 33.3 Å². The average Bonchev–Trinajstić information content (AvgIpc) is 3.19. The number of hydrogen-bond acceptors (Lipinski definition) is 6. The molecule has 1 atom stereocenters. The minimum atomic E-state index is 0.239. The van der Waals surface area contributed by atoms with E-state index in [-0.39, 0.29) is 5.92 Å². The van der Waals surface area contributed by atoms with Crippen molar-refractivity contribution in [3.63, 3.8) is 0 Å². The minimum absolute atomic E-state index is 0.239. The quantitative estimate of drug-likeness (QED) is 0.724. The van der Waals surface area contributed by atoms with Gasteiger partial charge in [-0.25, -0.2) is 9.97 Å². The Balaban J connectivity index is 1.72. The van der Waals surface area contributed by atoms with E-state index in [2.05, 4.69) is 20.1 Å². The molecule has 3 heterocycles. The molecule has 0 amide bonds. The molecule has 0 N–H and O–H groups in total. The van der Waals surface area contributed by atoms with Crippen molar-refractivity contribution in [3.05, 3.63) is 35.4 Å². The lowest BCUT2D eigenvalue weighted by molar-refractivity contribution is 0.192. The highest BCUT2D eigenvalue weighted by atomic mass is 16.5. The number of hydrogen-bond donors (Lipinski definition) is 0. The van der Waals surface area contributed by atoms with E-state index in [1.54, 1.807) is 0 Å². The Morgan fingerprint density at radius 3 is 2.64 bits per heavy atom. The Morgan fingerprint density at radius 1 is 1.05 bits per heavy atom. The van der Waals surface area contributed by atoms with Crippen LogP contribution in [0.5, 0.6) is 0 Å². The zero-order valence-electron chi connectivity index (χ0n) is 12.5. The molecule has 112 valence electrons. The van der Waals surface area contributed by atoms with E-state index in [4.69, 9.17) is 9.26 Å². The van der Waals surface area contributed by atoms with Crippen LogP contribution in [0.2, 0.25) is 0 Å². The van der Waals surface area contributed by atoms with E-state index in [0.717, 1.165) is 46.8 Å². The second-order valence-corrected chi connectivity index (χ2v) is 5.62.